The Labute approximate surface area is 179 Å². The highest BCUT2D eigenvalue weighted by atomic mass is 35.5. The summed E-state index contributed by atoms with van der Waals surface area (Å²) >= 11 is 6.18. The van der Waals surface area contributed by atoms with Crippen LogP contribution in [0, 0.1) is 17.1 Å². The summed E-state index contributed by atoms with van der Waals surface area (Å²) in [5.74, 6) is -0.964. The first-order valence-corrected chi connectivity index (χ1v) is 10.9. The fourth-order valence-corrected chi connectivity index (χ4v) is 4.37. The van der Waals surface area contributed by atoms with Crippen LogP contribution in [0.25, 0.3) is 0 Å². The second-order valence-electron chi connectivity index (χ2n) is 6.95. The van der Waals surface area contributed by atoms with Crippen LogP contribution in [-0.2, 0) is 10.0 Å². The Balaban J connectivity index is 1.80. The molecule has 7 nitrogen and oxygen atoms in total. The van der Waals surface area contributed by atoms with Gasteiger partial charge < -0.3 is 9.80 Å². The van der Waals surface area contributed by atoms with Crippen LogP contribution in [0.4, 0.5) is 10.1 Å². The number of piperazine rings is 1. The molecule has 10 heteroatoms. The molecule has 0 bridgehead atoms. The molecule has 158 valence electrons. The minimum absolute atomic E-state index is 0.0164. The van der Waals surface area contributed by atoms with E-state index in [1.165, 1.54) is 38.4 Å². The van der Waals surface area contributed by atoms with Gasteiger partial charge >= 0.3 is 0 Å². The Morgan fingerprint density at radius 2 is 1.83 bits per heavy atom. The first-order valence-electron chi connectivity index (χ1n) is 9.11. The Bertz CT molecular complexity index is 1120. The van der Waals surface area contributed by atoms with Crippen molar-refractivity contribution in [3.8, 4) is 6.07 Å². The van der Waals surface area contributed by atoms with Crippen LogP contribution in [-0.4, -0.2) is 63.8 Å². The van der Waals surface area contributed by atoms with E-state index in [0.29, 0.717) is 31.9 Å². The second kappa shape index (κ2) is 8.60. The van der Waals surface area contributed by atoms with E-state index < -0.39 is 15.8 Å². The molecule has 3 rings (SSSR count). The average Bonchev–Trinajstić information content (AvgIpc) is 2.73. The molecule has 0 unspecified atom stereocenters. The minimum Gasteiger partial charge on any atom is -0.367 e. The number of rotatable bonds is 4. The number of nitriles is 1. The van der Waals surface area contributed by atoms with Crippen molar-refractivity contribution in [3.63, 3.8) is 0 Å². The summed E-state index contributed by atoms with van der Waals surface area (Å²) in [4.78, 5) is 16.4. The molecular formula is C20H20ClFN4O3S. The van der Waals surface area contributed by atoms with Gasteiger partial charge in [0.15, 0.2) is 0 Å². The molecular weight excluding hydrogens is 431 g/mol. The van der Waals surface area contributed by atoms with E-state index in [4.69, 9.17) is 11.6 Å². The predicted molar refractivity (Wildman–Crippen MR) is 112 cm³/mol. The van der Waals surface area contributed by atoms with Crippen molar-refractivity contribution in [1.82, 2.24) is 9.21 Å². The number of carbonyl (C=O) groups excluding carboxylic acids is 1. The van der Waals surface area contributed by atoms with Gasteiger partial charge in [-0.2, -0.15) is 5.26 Å². The number of anilines is 1. The molecule has 1 aliphatic heterocycles. The molecule has 1 saturated heterocycles. The van der Waals surface area contributed by atoms with Gasteiger partial charge in [-0.15, -0.1) is 0 Å². The Hall–Kier alpha value is -2.67. The molecule has 0 aromatic heterocycles. The summed E-state index contributed by atoms with van der Waals surface area (Å²) in [5, 5.41) is 9.40. The smallest absolute Gasteiger partial charge is 0.255 e. The fraction of sp³-hybridized carbons (Fsp3) is 0.300. The molecule has 0 N–H and O–H groups in total. The molecule has 1 heterocycles. The maximum Gasteiger partial charge on any atom is 0.255 e. The number of benzene rings is 2. The summed E-state index contributed by atoms with van der Waals surface area (Å²) in [6.07, 6.45) is 0. The Morgan fingerprint density at radius 3 is 2.43 bits per heavy atom. The number of nitrogens with zero attached hydrogens (tertiary/aromatic N) is 4. The van der Waals surface area contributed by atoms with E-state index in [2.05, 4.69) is 0 Å². The second-order valence-corrected chi connectivity index (χ2v) is 9.51. The molecule has 0 spiro atoms. The van der Waals surface area contributed by atoms with Crippen molar-refractivity contribution in [1.29, 1.82) is 5.26 Å². The lowest BCUT2D eigenvalue weighted by molar-refractivity contribution is 0.0746. The van der Waals surface area contributed by atoms with Gasteiger partial charge in [0.05, 0.1) is 21.2 Å². The number of halogens is 2. The highest BCUT2D eigenvalue weighted by Crippen LogP contribution is 2.26. The topological polar surface area (TPSA) is 84.7 Å². The van der Waals surface area contributed by atoms with Gasteiger partial charge in [0.1, 0.15) is 17.4 Å². The van der Waals surface area contributed by atoms with Gasteiger partial charge in [0.2, 0.25) is 10.0 Å². The lowest BCUT2D eigenvalue weighted by Crippen LogP contribution is -2.49. The third kappa shape index (κ3) is 4.12. The molecule has 30 heavy (non-hydrogen) atoms. The fourth-order valence-electron chi connectivity index (χ4n) is 3.25. The Morgan fingerprint density at radius 1 is 1.17 bits per heavy atom. The van der Waals surface area contributed by atoms with Crippen molar-refractivity contribution < 1.29 is 17.6 Å². The molecule has 2 aromatic rings. The molecule has 0 aliphatic carbocycles. The number of hydrogen-bond acceptors (Lipinski definition) is 5. The molecule has 0 radical (unpaired) electrons. The van der Waals surface area contributed by atoms with Crippen molar-refractivity contribution in [2.75, 3.05) is 45.2 Å². The van der Waals surface area contributed by atoms with Gasteiger partial charge in [-0.3, -0.25) is 4.79 Å². The highest BCUT2D eigenvalue weighted by molar-refractivity contribution is 7.89. The number of sulfonamides is 1. The van der Waals surface area contributed by atoms with Gasteiger partial charge in [-0.05, 0) is 30.3 Å². The van der Waals surface area contributed by atoms with Crippen LogP contribution in [0.5, 0.6) is 0 Å². The summed E-state index contributed by atoms with van der Waals surface area (Å²) in [6, 6.07) is 10.4. The summed E-state index contributed by atoms with van der Waals surface area (Å²) in [6.45, 7) is 1.44. The largest absolute Gasteiger partial charge is 0.367 e. The summed E-state index contributed by atoms with van der Waals surface area (Å²) < 4.78 is 39.7. The highest BCUT2D eigenvalue weighted by Gasteiger charge is 2.27. The molecule has 2 aromatic carbocycles. The summed E-state index contributed by atoms with van der Waals surface area (Å²) in [5.41, 5.74) is 0.570. The third-order valence-electron chi connectivity index (χ3n) is 4.96. The normalized spacial score (nSPS) is 14.7. The van der Waals surface area contributed by atoms with E-state index in [0.717, 1.165) is 4.31 Å². The lowest BCUT2D eigenvalue weighted by Gasteiger charge is -2.36. The quantitative estimate of drug-likeness (QED) is 0.714. The van der Waals surface area contributed by atoms with Gasteiger partial charge in [-0.1, -0.05) is 17.7 Å². The minimum atomic E-state index is -3.71. The Kier molecular flexibility index (Phi) is 6.31. The van der Waals surface area contributed by atoms with E-state index in [9.17, 15) is 22.9 Å². The van der Waals surface area contributed by atoms with Crippen molar-refractivity contribution in [2.45, 2.75) is 4.90 Å². The molecule has 0 atom stereocenters. The van der Waals surface area contributed by atoms with Gasteiger partial charge in [0.25, 0.3) is 5.91 Å². The van der Waals surface area contributed by atoms with E-state index in [1.807, 2.05) is 11.0 Å². The van der Waals surface area contributed by atoms with Crippen molar-refractivity contribution >= 4 is 33.2 Å². The van der Waals surface area contributed by atoms with Crippen LogP contribution in [0.1, 0.15) is 15.9 Å². The molecule has 1 aliphatic rings. The predicted octanol–water partition coefficient (Wildman–Crippen LogP) is 2.56. The maximum absolute atomic E-state index is 13.9. The van der Waals surface area contributed by atoms with E-state index in [-0.39, 0.29) is 27.0 Å². The van der Waals surface area contributed by atoms with Crippen LogP contribution in [0.2, 0.25) is 5.02 Å². The molecule has 1 amide bonds. The molecule has 0 saturated carbocycles. The zero-order chi connectivity index (χ0) is 22.1. The zero-order valence-corrected chi connectivity index (χ0v) is 18.0. The van der Waals surface area contributed by atoms with Gasteiger partial charge in [-0.25, -0.2) is 17.1 Å². The van der Waals surface area contributed by atoms with Crippen molar-refractivity contribution in [2.24, 2.45) is 0 Å². The standard InChI is InChI=1S/C20H20ClFN4O3S/c1-24(2)30(28,29)14-6-7-17(21)15(12-14)20(27)26-10-8-25(9-11-26)19-5-3-4-18(22)16(19)13-23/h3-7,12H,8-11H2,1-2H3. The van der Waals surface area contributed by atoms with Gasteiger partial charge in [0, 0.05) is 40.3 Å². The number of carbonyl (C=O) groups is 1. The van der Waals surface area contributed by atoms with Crippen LogP contribution < -0.4 is 4.90 Å². The average molecular weight is 451 g/mol. The first-order chi connectivity index (χ1) is 14.2. The van der Waals surface area contributed by atoms with E-state index >= 15 is 0 Å². The molecule has 1 fully saturated rings. The zero-order valence-electron chi connectivity index (χ0n) is 16.5. The lowest BCUT2D eigenvalue weighted by atomic mass is 10.1. The third-order valence-corrected chi connectivity index (χ3v) is 7.10. The van der Waals surface area contributed by atoms with Crippen LogP contribution in [0.15, 0.2) is 41.3 Å². The summed E-state index contributed by atoms with van der Waals surface area (Å²) in [7, 11) is -0.889. The number of hydrogen-bond donors (Lipinski definition) is 0. The number of amides is 1. The maximum atomic E-state index is 13.9. The van der Waals surface area contributed by atoms with Crippen LogP contribution >= 0.6 is 11.6 Å². The SMILES string of the molecule is CN(C)S(=O)(=O)c1ccc(Cl)c(C(=O)N2CCN(c3cccc(F)c3C#N)CC2)c1. The van der Waals surface area contributed by atoms with Crippen LogP contribution in [0.3, 0.4) is 0 Å². The monoisotopic (exact) mass is 450 g/mol. The van der Waals surface area contributed by atoms with Crippen molar-refractivity contribution in [3.05, 3.63) is 58.4 Å². The first kappa shape index (κ1) is 22.0. The van der Waals surface area contributed by atoms with E-state index in [1.54, 1.807) is 17.0 Å².